The smallest absolute Gasteiger partial charge is 0.319 e. The van der Waals surface area contributed by atoms with E-state index in [1.165, 1.54) is 0 Å². The van der Waals surface area contributed by atoms with Crippen molar-refractivity contribution in [2.45, 2.75) is 52.3 Å². The molecule has 0 bridgehead atoms. The monoisotopic (exact) mass is 329 g/mol. The van der Waals surface area contributed by atoms with Crippen molar-refractivity contribution in [3.8, 4) is 5.75 Å². The first-order chi connectivity index (χ1) is 11.5. The molecule has 7 heteroatoms. The number of aromatic nitrogens is 3. The second-order valence-electron chi connectivity index (χ2n) is 6.34. The fourth-order valence-electron chi connectivity index (χ4n) is 2.82. The third-order valence-corrected chi connectivity index (χ3v) is 3.94. The zero-order valence-corrected chi connectivity index (χ0v) is 14.2. The molecule has 0 unspecified atom stereocenters. The molecule has 7 nitrogen and oxygen atoms in total. The molecule has 3 rings (SSSR count). The van der Waals surface area contributed by atoms with Gasteiger partial charge in [-0.2, -0.15) is 5.10 Å². The van der Waals surface area contributed by atoms with Crippen LogP contribution in [0.5, 0.6) is 5.75 Å². The molecule has 1 aliphatic rings. The number of urea groups is 1. The predicted octanol–water partition coefficient (Wildman–Crippen LogP) is 2.51. The van der Waals surface area contributed by atoms with Gasteiger partial charge in [0.15, 0.2) is 0 Å². The van der Waals surface area contributed by atoms with Gasteiger partial charge in [0.1, 0.15) is 17.9 Å². The molecule has 2 amide bonds. The van der Waals surface area contributed by atoms with Gasteiger partial charge in [0.2, 0.25) is 0 Å². The molecule has 128 valence electrons. The minimum absolute atomic E-state index is 0.0591. The summed E-state index contributed by atoms with van der Waals surface area (Å²) in [5, 5.41) is 10.0. The van der Waals surface area contributed by atoms with E-state index in [9.17, 15) is 4.79 Å². The van der Waals surface area contributed by atoms with E-state index >= 15 is 0 Å². The highest BCUT2D eigenvalue weighted by Gasteiger charge is 2.21. The quantitative estimate of drug-likeness (QED) is 0.903. The Morgan fingerprint density at radius 3 is 3.00 bits per heavy atom. The largest absolute Gasteiger partial charge is 0.491 e. The number of fused-ring (bicyclic) bond motifs is 1. The number of carbonyl (C=O) groups is 1. The van der Waals surface area contributed by atoms with Gasteiger partial charge in [0, 0.05) is 12.1 Å². The van der Waals surface area contributed by atoms with E-state index in [0.29, 0.717) is 6.54 Å². The summed E-state index contributed by atoms with van der Waals surface area (Å²) in [6.45, 7) is 6.60. The molecule has 0 saturated heterocycles. The number of carbonyl (C=O) groups excluding carboxylic acids is 1. The van der Waals surface area contributed by atoms with Crippen LogP contribution < -0.4 is 15.4 Å². The Labute approximate surface area is 141 Å². The fourth-order valence-corrected chi connectivity index (χ4v) is 2.82. The van der Waals surface area contributed by atoms with Crippen LogP contribution in [0.2, 0.25) is 0 Å². The molecule has 0 aliphatic carbocycles. The average Bonchev–Trinajstić information content (AvgIpc) is 2.97. The zero-order chi connectivity index (χ0) is 17.1. The lowest BCUT2D eigenvalue weighted by atomic mass is 10.1. The van der Waals surface area contributed by atoms with Crippen LogP contribution in [0.3, 0.4) is 0 Å². The van der Waals surface area contributed by atoms with Crippen molar-refractivity contribution < 1.29 is 9.53 Å². The number of amides is 2. The summed E-state index contributed by atoms with van der Waals surface area (Å²) in [6, 6.07) is 5.49. The number of anilines is 1. The zero-order valence-electron chi connectivity index (χ0n) is 14.2. The van der Waals surface area contributed by atoms with Crippen LogP contribution in [0.1, 0.15) is 31.7 Å². The molecule has 0 spiro atoms. The number of hydrogen-bond donors (Lipinski definition) is 2. The van der Waals surface area contributed by atoms with Crippen LogP contribution in [0.4, 0.5) is 10.5 Å². The number of hydrogen-bond acceptors (Lipinski definition) is 4. The maximum Gasteiger partial charge on any atom is 0.319 e. The molecule has 2 heterocycles. The van der Waals surface area contributed by atoms with Gasteiger partial charge in [-0.15, -0.1) is 0 Å². The highest BCUT2D eigenvalue weighted by Crippen LogP contribution is 2.23. The summed E-state index contributed by atoms with van der Waals surface area (Å²) in [5.41, 5.74) is 1.74. The summed E-state index contributed by atoms with van der Waals surface area (Å²) in [6.07, 6.45) is 3.37. The second kappa shape index (κ2) is 6.90. The molecular weight excluding hydrogens is 306 g/mol. The third kappa shape index (κ3) is 3.84. The Morgan fingerprint density at radius 2 is 2.25 bits per heavy atom. The Hall–Kier alpha value is -2.57. The third-order valence-electron chi connectivity index (χ3n) is 3.94. The normalized spacial score (nSPS) is 16.6. The van der Waals surface area contributed by atoms with Gasteiger partial charge in [0.25, 0.3) is 0 Å². The lowest BCUT2D eigenvalue weighted by molar-refractivity contribution is 0.240. The molecule has 0 fully saturated rings. The van der Waals surface area contributed by atoms with Crippen molar-refractivity contribution in [2.75, 3.05) is 5.32 Å². The van der Waals surface area contributed by atoms with E-state index in [0.717, 1.165) is 35.7 Å². The van der Waals surface area contributed by atoms with Gasteiger partial charge in [-0.05, 0) is 51.0 Å². The molecular formula is C17H23N5O2. The Bertz CT molecular complexity index is 726. The lowest BCUT2D eigenvalue weighted by Gasteiger charge is -2.23. The maximum atomic E-state index is 12.2. The van der Waals surface area contributed by atoms with Gasteiger partial charge < -0.3 is 15.4 Å². The lowest BCUT2D eigenvalue weighted by Crippen LogP contribution is -2.43. The van der Waals surface area contributed by atoms with E-state index < -0.39 is 0 Å². The SMILES string of the molecule is Cc1cc(NC(=O)N[C@@H]2CCc3ncnn3C2)ccc1OC(C)C. The molecule has 0 radical (unpaired) electrons. The van der Waals surface area contributed by atoms with Crippen LogP contribution in [0.15, 0.2) is 24.5 Å². The second-order valence-corrected chi connectivity index (χ2v) is 6.34. The number of nitrogens with one attached hydrogen (secondary N) is 2. The average molecular weight is 329 g/mol. The van der Waals surface area contributed by atoms with Gasteiger partial charge in [0.05, 0.1) is 18.7 Å². The van der Waals surface area contributed by atoms with Crippen LogP contribution in [0.25, 0.3) is 0 Å². The Morgan fingerprint density at radius 1 is 1.42 bits per heavy atom. The van der Waals surface area contributed by atoms with E-state index in [-0.39, 0.29) is 18.2 Å². The Balaban J connectivity index is 1.56. The molecule has 1 aliphatic heterocycles. The molecule has 1 atom stereocenters. The first kappa shape index (κ1) is 16.3. The molecule has 1 aromatic heterocycles. The van der Waals surface area contributed by atoms with E-state index in [2.05, 4.69) is 20.7 Å². The molecule has 1 aromatic carbocycles. The van der Waals surface area contributed by atoms with Crippen molar-refractivity contribution in [2.24, 2.45) is 0 Å². The highest BCUT2D eigenvalue weighted by molar-refractivity contribution is 5.89. The van der Waals surface area contributed by atoms with Crippen LogP contribution in [-0.4, -0.2) is 32.9 Å². The van der Waals surface area contributed by atoms with Crippen molar-refractivity contribution in [1.29, 1.82) is 0 Å². The number of benzene rings is 1. The number of rotatable bonds is 4. The van der Waals surface area contributed by atoms with E-state index in [1.807, 2.05) is 43.7 Å². The molecule has 2 N–H and O–H groups in total. The van der Waals surface area contributed by atoms with Crippen LogP contribution in [-0.2, 0) is 13.0 Å². The van der Waals surface area contributed by atoms with Crippen LogP contribution >= 0.6 is 0 Å². The van der Waals surface area contributed by atoms with E-state index in [1.54, 1.807) is 6.33 Å². The van der Waals surface area contributed by atoms with Crippen molar-refractivity contribution in [3.05, 3.63) is 35.9 Å². The number of nitrogens with zero attached hydrogens (tertiary/aromatic N) is 3. The first-order valence-corrected chi connectivity index (χ1v) is 8.23. The standard InChI is InChI=1S/C17H23N5O2/c1-11(2)24-15-6-4-13(8-12(15)3)20-17(23)21-14-5-7-16-18-10-19-22(16)9-14/h4,6,8,10-11,14H,5,7,9H2,1-3H3,(H2,20,21,23)/t14-/m1/s1. The van der Waals surface area contributed by atoms with Crippen molar-refractivity contribution >= 4 is 11.7 Å². The van der Waals surface area contributed by atoms with Gasteiger partial charge >= 0.3 is 6.03 Å². The Kier molecular flexibility index (Phi) is 4.69. The van der Waals surface area contributed by atoms with Crippen molar-refractivity contribution in [3.63, 3.8) is 0 Å². The highest BCUT2D eigenvalue weighted by atomic mass is 16.5. The number of ether oxygens (including phenoxy) is 1. The first-order valence-electron chi connectivity index (χ1n) is 8.23. The topological polar surface area (TPSA) is 81.1 Å². The molecule has 2 aromatic rings. The van der Waals surface area contributed by atoms with Crippen molar-refractivity contribution in [1.82, 2.24) is 20.1 Å². The predicted molar refractivity (Wildman–Crippen MR) is 91.2 cm³/mol. The maximum absolute atomic E-state index is 12.2. The van der Waals surface area contributed by atoms with Gasteiger partial charge in [-0.3, -0.25) is 0 Å². The summed E-state index contributed by atoms with van der Waals surface area (Å²) < 4.78 is 7.55. The molecule has 24 heavy (non-hydrogen) atoms. The summed E-state index contributed by atoms with van der Waals surface area (Å²) in [7, 11) is 0. The minimum Gasteiger partial charge on any atom is -0.491 e. The van der Waals surface area contributed by atoms with Crippen LogP contribution in [0, 0.1) is 6.92 Å². The summed E-state index contributed by atoms with van der Waals surface area (Å²) >= 11 is 0. The van der Waals surface area contributed by atoms with E-state index in [4.69, 9.17) is 4.74 Å². The summed E-state index contributed by atoms with van der Waals surface area (Å²) in [5.74, 6) is 1.81. The number of aryl methyl sites for hydroxylation is 2. The van der Waals surface area contributed by atoms with Gasteiger partial charge in [-0.1, -0.05) is 0 Å². The fraction of sp³-hybridized carbons (Fsp3) is 0.471. The van der Waals surface area contributed by atoms with Gasteiger partial charge in [-0.25, -0.2) is 14.5 Å². The molecule has 0 saturated carbocycles. The summed E-state index contributed by atoms with van der Waals surface area (Å²) in [4.78, 5) is 16.4. The minimum atomic E-state index is -0.208.